The maximum atomic E-state index is 13.7. The van der Waals surface area contributed by atoms with E-state index in [-0.39, 0.29) is 29.3 Å². The highest BCUT2D eigenvalue weighted by Crippen LogP contribution is 2.82. The van der Waals surface area contributed by atoms with Gasteiger partial charge in [0.25, 0.3) is 0 Å². The van der Waals surface area contributed by atoms with Gasteiger partial charge in [0.2, 0.25) is 0 Å². The van der Waals surface area contributed by atoms with E-state index in [0.717, 1.165) is 32.1 Å². The van der Waals surface area contributed by atoms with Crippen molar-refractivity contribution < 1.29 is 23.1 Å². The lowest BCUT2D eigenvalue weighted by atomic mass is 9.45. The summed E-state index contributed by atoms with van der Waals surface area (Å²) in [5.41, 5.74) is -0.844. The Kier molecular flexibility index (Phi) is 3.16. The summed E-state index contributed by atoms with van der Waals surface area (Å²) in [4.78, 5) is 12.1. The van der Waals surface area contributed by atoms with Crippen LogP contribution in [-0.4, -0.2) is 23.2 Å². The highest BCUT2D eigenvalue weighted by molar-refractivity contribution is 5.98. The van der Waals surface area contributed by atoms with Crippen LogP contribution in [0.4, 0.5) is 13.2 Å². The third-order valence-corrected chi connectivity index (χ3v) is 9.53. The Labute approximate surface area is 152 Å². The molecule has 1 spiro atoms. The van der Waals surface area contributed by atoms with E-state index in [1.165, 1.54) is 0 Å². The Hall–Kier alpha value is -0.840. The second kappa shape index (κ2) is 4.76. The molecule has 144 valence electrons. The Morgan fingerprint density at radius 1 is 1.08 bits per heavy atom. The minimum atomic E-state index is -4.53. The molecule has 0 saturated heterocycles. The molecular weight excluding hydrogens is 341 g/mol. The van der Waals surface area contributed by atoms with Gasteiger partial charge in [0, 0.05) is 6.42 Å². The van der Waals surface area contributed by atoms with Crippen molar-refractivity contribution in [2.24, 2.45) is 34.0 Å². The van der Waals surface area contributed by atoms with Crippen molar-refractivity contribution >= 4 is 5.78 Å². The average molecular weight is 368 g/mol. The summed E-state index contributed by atoms with van der Waals surface area (Å²) >= 11 is 0. The number of carbonyl (C=O) groups excluding carboxylic acids is 1. The number of rotatable bonds is 0. The Morgan fingerprint density at radius 2 is 1.81 bits per heavy atom. The molecule has 0 heterocycles. The van der Waals surface area contributed by atoms with Gasteiger partial charge in [-0.2, -0.15) is 13.2 Å². The maximum absolute atomic E-state index is 13.7. The van der Waals surface area contributed by atoms with Crippen molar-refractivity contribution in [2.45, 2.75) is 77.5 Å². The second-order valence-corrected chi connectivity index (χ2v) is 10.1. The molecule has 0 bridgehead atoms. The molecule has 4 fully saturated rings. The summed E-state index contributed by atoms with van der Waals surface area (Å²) < 4.78 is 41.0. The quantitative estimate of drug-likeness (QED) is 0.666. The first-order valence-electron chi connectivity index (χ1n) is 10.1. The smallest absolute Gasteiger partial charge is 0.393 e. The molecule has 5 aliphatic rings. The van der Waals surface area contributed by atoms with E-state index >= 15 is 0 Å². The third-order valence-electron chi connectivity index (χ3n) is 9.53. The molecule has 2 nitrogen and oxygen atoms in total. The third kappa shape index (κ3) is 1.77. The van der Waals surface area contributed by atoms with E-state index < -0.39 is 22.9 Å². The van der Waals surface area contributed by atoms with Crippen LogP contribution in [-0.2, 0) is 4.79 Å². The number of hydrogen-bond acceptors (Lipinski definition) is 2. The molecule has 1 N–H and O–H groups in total. The van der Waals surface area contributed by atoms with E-state index in [9.17, 15) is 23.1 Å². The zero-order valence-corrected chi connectivity index (χ0v) is 15.5. The van der Waals surface area contributed by atoms with Crippen LogP contribution in [0.1, 0.15) is 65.2 Å². The molecule has 26 heavy (non-hydrogen) atoms. The molecular formula is C21H27F3O2. The fourth-order valence-electron chi connectivity index (χ4n) is 8.25. The van der Waals surface area contributed by atoms with Gasteiger partial charge in [-0.15, -0.1) is 0 Å². The molecule has 0 aromatic rings. The van der Waals surface area contributed by atoms with Gasteiger partial charge in [0.05, 0.1) is 11.7 Å². The van der Waals surface area contributed by atoms with E-state index in [1.54, 1.807) is 0 Å². The number of aliphatic hydroxyl groups excluding tert-OH is 1. The molecule has 7 atom stereocenters. The first kappa shape index (κ1) is 17.3. The second-order valence-electron chi connectivity index (χ2n) is 10.1. The van der Waals surface area contributed by atoms with E-state index in [4.69, 9.17) is 0 Å². The van der Waals surface area contributed by atoms with Gasteiger partial charge >= 0.3 is 6.18 Å². The number of Topliss-reactive ketones (excluding diaryl/α,β-unsaturated/α-hetero) is 1. The molecule has 0 aromatic carbocycles. The lowest BCUT2D eigenvalue weighted by Crippen LogP contribution is -2.54. The number of carbonyl (C=O) groups is 1. The molecule has 5 rings (SSSR count). The number of ketones is 1. The molecule has 0 radical (unpaired) electrons. The first-order chi connectivity index (χ1) is 12.1. The van der Waals surface area contributed by atoms with Crippen molar-refractivity contribution in [1.29, 1.82) is 0 Å². The molecule has 0 aromatic heterocycles. The van der Waals surface area contributed by atoms with Crippen LogP contribution in [0.15, 0.2) is 11.1 Å². The number of aliphatic hydroxyl groups is 1. The fraction of sp³-hybridized carbons (Fsp3) is 0.857. The summed E-state index contributed by atoms with van der Waals surface area (Å²) in [6, 6.07) is 0. The first-order valence-corrected chi connectivity index (χ1v) is 10.1. The monoisotopic (exact) mass is 368 g/mol. The predicted octanol–water partition coefficient (Wildman–Crippen LogP) is 4.81. The standard InChI is InChI=1S/C21H27F3O2/c1-18-7-6-15(25)17(21(22,23)24)14(18)4-3-13-12(18)5-8-19(2)16(26)9-11-10-20(11,13)19/h11-13,16,26H,3-10H2,1-2H3/t11-,12?,13?,16-,18+,19+,20+/m0/s1. The van der Waals surface area contributed by atoms with Crippen LogP contribution >= 0.6 is 0 Å². The van der Waals surface area contributed by atoms with Gasteiger partial charge in [0.1, 0.15) is 0 Å². The van der Waals surface area contributed by atoms with Crippen LogP contribution in [0.3, 0.4) is 0 Å². The molecule has 0 aliphatic heterocycles. The lowest BCUT2D eigenvalue weighted by Gasteiger charge is -2.59. The normalized spacial score (nSPS) is 52.9. The van der Waals surface area contributed by atoms with Crippen molar-refractivity contribution in [3.8, 4) is 0 Å². The van der Waals surface area contributed by atoms with Crippen LogP contribution in [0.25, 0.3) is 0 Å². The summed E-state index contributed by atoms with van der Waals surface area (Å²) in [5, 5.41) is 10.6. The summed E-state index contributed by atoms with van der Waals surface area (Å²) in [5.74, 6) is 0.472. The van der Waals surface area contributed by atoms with Gasteiger partial charge < -0.3 is 5.11 Å². The highest BCUT2D eigenvalue weighted by atomic mass is 19.4. The lowest BCUT2D eigenvalue weighted by molar-refractivity contribution is -0.137. The van der Waals surface area contributed by atoms with Gasteiger partial charge in [0.15, 0.2) is 5.78 Å². The van der Waals surface area contributed by atoms with Crippen LogP contribution in [0.5, 0.6) is 0 Å². The van der Waals surface area contributed by atoms with Crippen molar-refractivity contribution in [3.05, 3.63) is 11.1 Å². The molecule has 0 amide bonds. The summed E-state index contributed by atoms with van der Waals surface area (Å²) in [6.45, 7) is 4.22. The zero-order chi connectivity index (χ0) is 18.7. The van der Waals surface area contributed by atoms with Gasteiger partial charge in [-0.3, -0.25) is 4.79 Å². The van der Waals surface area contributed by atoms with Gasteiger partial charge in [-0.1, -0.05) is 13.8 Å². The molecule has 4 saturated carbocycles. The minimum absolute atomic E-state index is 0.0222. The molecule has 2 unspecified atom stereocenters. The van der Waals surface area contributed by atoms with E-state index in [2.05, 4.69) is 6.92 Å². The maximum Gasteiger partial charge on any atom is 0.419 e. The number of fused-ring (bicyclic) bond motifs is 3. The van der Waals surface area contributed by atoms with Crippen molar-refractivity contribution in [1.82, 2.24) is 0 Å². The average Bonchev–Trinajstić information content (AvgIpc) is 3.20. The fourth-order valence-corrected chi connectivity index (χ4v) is 8.25. The van der Waals surface area contributed by atoms with Gasteiger partial charge in [-0.05, 0) is 84.5 Å². The minimum Gasteiger partial charge on any atom is -0.393 e. The summed E-state index contributed by atoms with van der Waals surface area (Å²) in [7, 11) is 0. The molecule has 5 heteroatoms. The predicted molar refractivity (Wildman–Crippen MR) is 90.1 cm³/mol. The van der Waals surface area contributed by atoms with Crippen molar-refractivity contribution in [3.63, 3.8) is 0 Å². The highest BCUT2D eigenvalue weighted by Gasteiger charge is 2.78. The van der Waals surface area contributed by atoms with Gasteiger partial charge in [-0.25, -0.2) is 0 Å². The Bertz CT molecular complexity index is 725. The zero-order valence-electron chi connectivity index (χ0n) is 15.5. The van der Waals surface area contributed by atoms with E-state index in [0.29, 0.717) is 30.3 Å². The summed E-state index contributed by atoms with van der Waals surface area (Å²) in [6.07, 6.45) is 0.735. The number of allylic oxidation sites excluding steroid dienone is 1. The molecule has 5 aliphatic carbocycles. The van der Waals surface area contributed by atoms with Crippen LogP contribution in [0, 0.1) is 34.0 Å². The largest absolute Gasteiger partial charge is 0.419 e. The van der Waals surface area contributed by atoms with Crippen LogP contribution in [0.2, 0.25) is 0 Å². The Balaban J connectivity index is 1.60. The topological polar surface area (TPSA) is 37.3 Å². The van der Waals surface area contributed by atoms with E-state index in [1.807, 2.05) is 6.92 Å². The number of alkyl halides is 3. The van der Waals surface area contributed by atoms with Crippen molar-refractivity contribution in [2.75, 3.05) is 0 Å². The van der Waals surface area contributed by atoms with Crippen LogP contribution < -0.4 is 0 Å². The number of hydrogen-bond donors (Lipinski definition) is 1. The number of halogens is 3. The Morgan fingerprint density at radius 3 is 2.50 bits per heavy atom. The SMILES string of the molecule is C[C@]12CCC(=O)C(C(F)(F)F)=C1CCC1C2CC[C@]2(C)[C@@H](O)C[C@H]3C[C@]132.